The van der Waals surface area contributed by atoms with E-state index in [0.717, 1.165) is 56.3 Å². The van der Waals surface area contributed by atoms with Gasteiger partial charge in [-0.25, -0.2) is 0 Å². The van der Waals surface area contributed by atoms with Crippen LogP contribution in [0.5, 0.6) is 5.75 Å². The van der Waals surface area contributed by atoms with E-state index in [1.54, 1.807) is 0 Å². The molecule has 1 aliphatic heterocycles. The topological polar surface area (TPSA) is 41.6 Å². The van der Waals surface area contributed by atoms with Crippen molar-refractivity contribution in [1.82, 2.24) is 10.2 Å². The molecule has 2 aliphatic rings. The van der Waals surface area contributed by atoms with Crippen LogP contribution in [0, 0.1) is 5.92 Å². The first kappa shape index (κ1) is 18.1. The second-order valence-corrected chi connectivity index (χ2v) is 6.42. The SMILES string of the molecule is CCCN(C(=O)c1ccc(OCC2CC2)cc1)C1CCNC1.Cl. The van der Waals surface area contributed by atoms with Crippen LogP contribution in [-0.4, -0.2) is 43.1 Å². The normalized spacial score (nSPS) is 20.0. The maximum Gasteiger partial charge on any atom is 0.254 e. The predicted octanol–water partition coefficient (Wildman–Crippen LogP) is 3.11. The minimum atomic E-state index is 0. The van der Waals surface area contributed by atoms with Crippen molar-refractivity contribution < 1.29 is 9.53 Å². The molecule has 1 atom stereocenters. The van der Waals surface area contributed by atoms with Gasteiger partial charge in [-0.2, -0.15) is 0 Å². The summed E-state index contributed by atoms with van der Waals surface area (Å²) in [6.45, 7) is 5.67. The lowest BCUT2D eigenvalue weighted by atomic mass is 10.1. The molecule has 1 aliphatic carbocycles. The van der Waals surface area contributed by atoms with E-state index in [0.29, 0.717) is 6.04 Å². The molecule has 0 aromatic heterocycles. The Labute approximate surface area is 145 Å². The van der Waals surface area contributed by atoms with Crippen molar-refractivity contribution in [2.24, 2.45) is 5.92 Å². The van der Waals surface area contributed by atoms with E-state index in [1.807, 2.05) is 29.2 Å². The lowest BCUT2D eigenvalue weighted by Gasteiger charge is -2.28. The Bertz CT molecular complexity index is 496. The van der Waals surface area contributed by atoms with Crippen molar-refractivity contribution >= 4 is 18.3 Å². The summed E-state index contributed by atoms with van der Waals surface area (Å²) >= 11 is 0. The third kappa shape index (κ3) is 4.85. The van der Waals surface area contributed by atoms with E-state index in [9.17, 15) is 4.79 Å². The number of halogens is 1. The number of ether oxygens (including phenoxy) is 1. The summed E-state index contributed by atoms with van der Waals surface area (Å²) in [5.74, 6) is 1.76. The molecule has 1 N–H and O–H groups in total. The number of benzene rings is 1. The number of carbonyl (C=O) groups is 1. The van der Waals surface area contributed by atoms with Crippen LogP contribution in [0.3, 0.4) is 0 Å². The Morgan fingerprint density at radius 3 is 2.57 bits per heavy atom. The van der Waals surface area contributed by atoms with Crippen molar-refractivity contribution in [2.75, 3.05) is 26.2 Å². The predicted molar refractivity (Wildman–Crippen MR) is 94.5 cm³/mol. The van der Waals surface area contributed by atoms with Gasteiger partial charge in [0, 0.05) is 24.7 Å². The fraction of sp³-hybridized carbons (Fsp3) is 0.611. The lowest BCUT2D eigenvalue weighted by molar-refractivity contribution is 0.0692. The number of nitrogens with one attached hydrogen (secondary N) is 1. The van der Waals surface area contributed by atoms with E-state index >= 15 is 0 Å². The Kier molecular flexibility index (Phi) is 6.72. The van der Waals surface area contributed by atoms with Gasteiger partial charge in [-0.3, -0.25) is 4.79 Å². The highest BCUT2D eigenvalue weighted by Gasteiger charge is 2.26. The van der Waals surface area contributed by atoms with Gasteiger partial charge in [0.25, 0.3) is 5.91 Å². The van der Waals surface area contributed by atoms with E-state index in [2.05, 4.69) is 12.2 Å². The zero-order chi connectivity index (χ0) is 15.4. The molecule has 0 spiro atoms. The summed E-state index contributed by atoms with van der Waals surface area (Å²) in [4.78, 5) is 14.8. The summed E-state index contributed by atoms with van der Waals surface area (Å²) in [5.41, 5.74) is 0.763. The molecule has 0 radical (unpaired) electrons. The van der Waals surface area contributed by atoms with Crippen LogP contribution in [0.1, 0.15) is 43.0 Å². The highest BCUT2D eigenvalue weighted by molar-refractivity contribution is 5.94. The van der Waals surface area contributed by atoms with Gasteiger partial charge in [-0.05, 0) is 62.4 Å². The number of hydrogen-bond donors (Lipinski definition) is 1. The zero-order valence-electron chi connectivity index (χ0n) is 13.8. The molecule has 1 heterocycles. The Hall–Kier alpha value is -1.26. The van der Waals surface area contributed by atoms with Crippen LogP contribution in [0.25, 0.3) is 0 Å². The second kappa shape index (κ2) is 8.55. The smallest absolute Gasteiger partial charge is 0.254 e. The third-order valence-electron chi connectivity index (χ3n) is 4.48. The molecule has 1 aromatic rings. The maximum atomic E-state index is 12.8. The molecule has 1 aromatic carbocycles. The van der Waals surface area contributed by atoms with Crippen molar-refractivity contribution in [2.45, 2.75) is 38.6 Å². The summed E-state index contributed by atoms with van der Waals surface area (Å²) in [6.07, 6.45) is 4.62. The number of rotatable bonds is 7. The third-order valence-corrected chi connectivity index (χ3v) is 4.48. The molecule has 1 saturated heterocycles. The van der Waals surface area contributed by atoms with Crippen LogP contribution in [0.2, 0.25) is 0 Å². The van der Waals surface area contributed by atoms with Crippen molar-refractivity contribution in [3.8, 4) is 5.75 Å². The largest absolute Gasteiger partial charge is 0.493 e. The van der Waals surface area contributed by atoms with E-state index < -0.39 is 0 Å². The average Bonchev–Trinajstić information content (AvgIpc) is 3.23. The van der Waals surface area contributed by atoms with Crippen molar-refractivity contribution in [3.05, 3.63) is 29.8 Å². The minimum Gasteiger partial charge on any atom is -0.493 e. The molecule has 0 bridgehead atoms. The van der Waals surface area contributed by atoms with Gasteiger partial charge in [0.1, 0.15) is 5.75 Å². The highest BCUT2D eigenvalue weighted by atomic mass is 35.5. The van der Waals surface area contributed by atoms with Gasteiger partial charge in [-0.15, -0.1) is 12.4 Å². The van der Waals surface area contributed by atoms with Gasteiger partial charge in [0.05, 0.1) is 6.61 Å². The summed E-state index contributed by atoms with van der Waals surface area (Å²) in [5, 5.41) is 3.35. The van der Waals surface area contributed by atoms with Gasteiger partial charge < -0.3 is 15.0 Å². The molecular weight excluding hydrogens is 312 g/mol. The second-order valence-electron chi connectivity index (χ2n) is 6.42. The quantitative estimate of drug-likeness (QED) is 0.830. The van der Waals surface area contributed by atoms with Gasteiger partial charge in [0.2, 0.25) is 0 Å². The minimum absolute atomic E-state index is 0. The first-order valence-corrected chi connectivity index (χ1v) is 8.52. The standard InChI is InChI=1S/C18H26N2O2.ClH/c1-2-11-20(16-9-10-19-12-16)18(21)15-5-7-17(8-6-15)22-13-14-3-4-14;/h5-8,14,16,19H,2-4,9-13H2,1H3;1H. The van der Waals surface area contributed by atoms with E-state index in [4.69, 9.17) is 4.74 Å². The van der Waals surface area contributed by atoms with E-state index in [-0.39, 0.29) is 18.3 Å². The van der Waals surface area contributed by atoms with Crippen LogP contribution in [-0.2, 0) is 0 Å². The molecule has 1 unspecified atom stereocenters. The lowest BCUT2D eigenvalue weighted by Crippen LogP contribution is -2.42. The van der Waals surface area contributed by atoms with Gasteiger partial charge in [0.15, 0.2) is 0 Å². The number of amides is 1. The first-order valence-electron chi connectivity index (χ1n) is 8.52. The Morgan fingerprint density at radius 2 is 2.00 bits per heavy atom. The van der Waals surface area contributed by atoms with Crippen LogP contribution >= 0.6 is 12.4 Å². The molecule has 2 fully saturated rings. The van der Waals surface area contributed by atoms with Gasteiger partial charge in [-0.1, -0.05) is 6.92 Å². The molecular formula is C18H27ClN2O2. The van der Waals surface area contributed by atoms with Crippen LogP contribution < -0.4 is 10.1 Å². The molecule has 1 saturated carbocycles. The molecule has 1 amide bonds. The van der Waals surface area contributed by atoms with Gasteiger partial charge >= 0.3 is 0 Å². The van der Waals surface area contributed by atoms with Crippen molar-refractivity contribution in [3.63, 3.8) is 0 Å². The number of nitrogens with zero attached hydrogens (tertiary/aromatic N) is 1. The Balaban J connectivity index is 0.00000192. The first-order chi connectivity index (χ1) is 10.8. The summed E-state index contributed by atoms with van der Waals surface area (Å²) < 4.78 is 5.74. The maximum absolute atomic E-state index is 12.8. The number of hydrogen-bond acceptors (Lipinski definition) is 3. The van der Waals surface area contributed by atoms with E-state index in [1.165, 1.54) is 12.8 Å². The highest BCUT2D eigenvalue weighted by Crippen LogP contribution is 2.29. The number of carbonyl (C=O) groups excluding carboxylic acids is 1. The monoisotopic (exact) mass is 338 g/mol. The molecule has 5 heteroatoms. The van der Waals surface area contributed by atoms with Crippen LogP contribution in [0.4, 0.5) is 0 Å². The summed E-state index contributed by atoms with van der Waals surface area (Å²) in [6, 6.07) is 7.98. The molecule has 3 rings (SSSR count). The molecule has 4 nitrogen and oxygen atoms in total. The Morgan fingerprint density at radius 1 is 1.26 bits per heavy atom. The molecule has 23 heavy (non-hydrogen) atoms. The average molecular weight is 339 g/mol. The molecule has 128 valence electrons. The zero-order valence-corrected chi connectivity index (χ0v) is 14.6. The summed E-state index contributed by atoms with van der Waals surface area (Å²) in [7, 11) is 0. The van der Waals surface area contributed by atoms with Crippen LogP contribution in [0.15, 0.2) is 24.3 Å². The fourth-order valence-corrected chi connectivity index (χ4v) is 2.95. The van der Waals surface area contributed by atoms with Crippen molar-refractivity contribution in [1.29, 1.82) is 0 Å². The fourth-order valence-electron chi connectivity index (χ4n) is 2.95.